The standard InChI is InChI=1S/C17H27FN2/c1-5-7-8-13-20(4)16-11-9-10-15(18)17(16)14(3)19-12-6-2/h5,9-11,14,19H,1,6-8,12-13H2,2-4H3. The van der Waals surface area contributed by atoms with Gasteiger partial charge < -0.3 is 10.2 Å². The van der Waals surface area contributed by atoms with E-state index in [0.29, 0.717) is 0 Å². The maximum Gasteiger partial charge on any atom is 0.130 e. The molecule has 3 heteroatoms. The molecule has 1 aromatic carbocycles. The van der Waals surface area contributed by atoms with Gasteiger partial charge in [-0.3, -0.25) is 0 Å². The van der Waals surface area contributed by atoms with Crippen LogP contribution in [0.4, 0.5) is 10.1 Å². The number of nitrogens with one attached hydrogen (secondary N) is 1. The van der Waals surface area contributed by atoms with Crippen LogP contribution in [0.2, 0.25) is 0 Å². The Labute approximate surface area is 122 Å². The first-order valence-corrected chi connectivity index (χ1v) is 7.45. The second-order valence-corrected chi connectivity index (χ2v) is 5.20. The van der Waals surface area contributed by atoms with Gasteiger partial charge in [-0.05, 0) is 44.9 Å². The molecule has 0 aliphatic heterocycles. The largest absolute Gasteiger partial charge is 0.374 e. The minimum atomic E-state index is -0.130. The number of hydrogen-bond acceptors (Lipinski definition) is 2. The SMILES string of the molecule is C=CCCCN(C)c1cccc(F)c1C(C)NCCC. The molecule has 1 atom stereocenters. The fraction of sp³-hybridized carbons (Fsp3) is 0.529. The molecule has 112 valence electrons. The maximum absolute atomic E-state index is 14.2. The van der Waals surface area contributed by atoms with Gasteiger partial charge in [-0.25, -0.2) is 4.39 Å². The van der Waals surface area contributed by atoms with Crippen molar-refractivity contribution in [3.63, 3.8) is 0 Å². The molecule has 0 spiro atoms. The van der Waals surface area contributed by atoms with E-state index in [4.69, 9.17) is 0 Å². The van der Waals surface area contributed by atoms with Gasteiger partial charge in [0, 0.05) is 30.9 Å². The zero-order valence-corrected chi connectivity index (χ0v) is 13.0. The minimum Gasteiger partial charge on any atom is -0.374 e. The summed E-state index contributed by atoms with van der Waals surface area (Å²) in [6.07, 6.45) is 4.99. The Bertz CT molecular complexity index is 417. The average Bonchev–Trinajstić information content (AvgIpc) is 2.44. The highest BCUT2D eigenvalue weighted by molar-refractivity contribution is 5.55. The molecule has 0 bridgehead atoms. The smallest absolute Gasteiger partial charge is 0.130 e. The van der Waals surface area contributed by atoms with Crippen LogP contribution in [0.1, 0.15) is 44.7 Å². The lowest BCUT2D eigenvalue weighted by atomic mass is 10.0. The van der Waals surface area contributed by atoms with Crippen molar-refractivity contribution in [2.24, 2.45) is 0 Å². The summed E-state index contributed by atoms with van der Waals surface area (Å²) in [5.41, 5.74) is 1.74. The van der Waals surface area contributed by atoms with Crippen LogP contribution in [0.3, 0.4) is 0 Å². The Hall–Kier alpha value is -1.35. The molecular formula is C17H27FN2. The molecule has 0 heterocycles. The Balaban J connectivity index is 2.88. The number of hydrogen-bond donors (Lipinski definition) is 1. The van der Waals surface area contributed by atoms with Crippen molar-refractivity contribution in [3.05, 3.63) is 42.2 Å². The van der Waals surface area contributed by atoms with Crippen LogP contribution >= 0.6 is 0 Å². The zero-order valence-electron chi connectivity index (χ0n) is 13.0. The molecule has 0 amide bonds. The van der Waals surface area contributed by atoms with E-state index in [1.54, 1.807) is 12.1 Å². The molecule has 0 saturated carbocycles. The first-order chi connectivity index (χ1) is 9.61. The van der Waals surface area contributed by atoms with Crippen molar-refractivity contribution in [2.75, 3.05) is 25.0 Å². The highest BCUT2D eigenvalue weighted by Gasteiger charge is 2.17. The fourth-order valence-corrected chi connectivity index (χ4v) is 2.34. The lowest BCUT2D eigenvalue weighted by Gasteiger charge is -2.26. The molecule has 0 aromatic heterocycles. The van der Waals surface area contributed by atoms with E-state index in [1.807, 2.05) is 26.1 Å². The number of anilines is 1. The van der Waals surface area contributed by atoms with Gasteiger partial charge in [0.1, 0.15) is 5.82 Å². The Morgan fingerprint density at radius 3 is 2.85 bits per heavy atom. The molecule has 1 N–H and O–H groups in total. The van der Waals surface area contributed by atoms with Crippen LogP contribution < -0.4 is 10.2 Å². The van der Waals surface area contributed by atoms with E-state index in [0.717, 1.165) is 43.6 Å². The number of unbranched alkanes of at least 4 members (excludes halogenated alkanes) is 1. The van der Waals surface area contributed by atoms with Gasteiger partial charge in [-0.15, -0.1) is 6.58 Å². The molecule has 0 saturated heterocycles. The predicted octanol–water partition coefficient (Wildman–Crippen LogP) is 4.29. The third-order valence-electron chi connectivity index (χ3n) is 3.48. The highest BCUT2D eigenvalue weighted by Crippen LogP contribution is 2.28. The summed E-state index contributed by atoms with van der Waals surface area (Å²) in [6, 6.07) is 5.34. The van der Waals surface area contributed by atoms with Gasteiger partial charge in [-0.1, -0.05) is 19.1 Å². The van der Waals surface area contributed by atoms with E-state index in [-0.39, 0.29) is 11.9 Å². The third-order valence-corrected chi connectivity index (χ3v) is 3.48. The molecular weight excluding hydrogens is 251 g/mol. The first kappa shape index (κ1) is 16.7. The van der Waals surface area contributed by atoms with Crippen molar-refractivity contribution in [2.45, 2.75) is 39.2 Å². The molecule has 1 unspecified atom stereocenters. The van der Waals surface area contributed by atoms with E-state index in [9.17, 15) is 4.39 Å². The second kappa shape index (κ2) is 8.75. The molecule has 0 aliphatic rings. The van der Waals surface area contributed by atoms with Crippen LogP contribution in [0.5, 0.6) is 0 Å². The van der Waals surface area contributed by atoms with Crippen LogP contribution in [0.25, 0.3) is 0 Å². The summed E-state index contributed by atoms with van der Waals surface area (Å²) >= 11 is 0. The fourth-order valence-electron chi connectivity index (χ4n) is 2.34. The summed E-state index contributed by atoms with van der Waals surface area (Å²) < 4.78 is 14.2. The normalized spacial score (nSPS) is 12.2. The predicted molar refractivity (Wildman–Crippen MR) is 85.8 cm³/mol. The molecule has 1 aromatic rings. The Kier molecular flexibility index (Phi) is 7.31. The summed E-state index contributed by atoms with van der Waals surface area (Å²) in [5.74, 6) is -0.130. The maximum atomic E-state index is 14.2. The van der Waals surface area contributed by atoms with Crippen molar-refractivity contribution in [3.8, 4) is 0 Å². The van der Waals surface area contributed by atoms with Crippen LogP contribution in [-0.2, 0) is 0 Å². The molecule has 2 nitrogen and oxygen atoms in total. The van der Waals surface area contributed by atoms with Gasteiger partial charge in [0.25, 0.3) is 0 Å². The second-order valence-electron chi connectivity index (χ2n) is 5.20. The van der Waals surface area contributed by atoms with Gasteiger partial charge in [0.2, 0.25) is 0 Å². The summed E-state index contributed by atoms with van der Waals surface area (Å²) in [4.78, 5) is 2.13. The van der Waals surface area contributed by atoms with E-state index in [1.165, 1.54) is 0 Å². The molecule has 20 heavy (non-hydrogen) atoms. The molecule has 0 fully saturated rings. The summed E-state index contributed by atoms with van der Waals surface area (Å²) in [6.45, 7) is 9.68. The Morgan fingerprint density at radius 2 is 2.20 bits per heavy atom. The lowest BCUT2D eigenvalue weighted by molar-refractivity contribution is 0.526. The van der Waals surface area contributed by atoms with Crippen molar-refractivity contribution < 1.29 is 4.39 Å². The van der Waals surface area contributed by atoms with E-state index in [2.05, 4.69) is 23.7 Å². The van der Waals surface area contributed by atoms with E-state index >= 15 is 0 Å². The average molecular weight is 278 g/mol. The van der Waals surface area contributed by atoms with Crippen molar-refractivity contribution in [1.29, 1.82) is 0 Å². The Morgan fingerprint density at radius 1 is 1.45 bits per heavy atom. The number of rotatable bonds is 9. The van der Waals surface area contributed by atoms with Gasteiger partial charge >= 0.3 is 0 Å². The summed E-state index contributed by atoms with van der Waals surface area (Å²) in [5, 5.41) is 3.37. The highest BCUT2D eigenvalue weighted by atomic mass is 19.1. The van der Waals surface area contributed by atoms with Crippen molar-refractivity contribution >= 4 is 5.69 Å². The van der Waals surface area contributed by atoms with Crippen LogP contribution in [0.15, 0.2) is 30.9 Å². The van der Waals surface area contributed by atoms with E-state index < -0.39 is 0 Å². The van der Waals surface area contributed by atoms with Gasteiger partial charge in [0.05, 0.1) is 0 Å². The number of benzene rings is 1. The summed E-state index contributed by atoms with van der Waals surface area (Å²) in [7, 11) is 2.02. The van der Waals surface area contributed by atoms with Gasteiger partial charge in [0.15, 0.2) is 0 Å². The van der Waals surface area contributed by atoms with Crippen LogP contribution in [-0.4, -0.2) is 20.1 Å². The molecule has 1 rings (SSSR count). The number of nitrogens with zero attached hydrogens (tertiary/aromatic N) is 1. The number of allylic oxidation sites excluding steroid dienone is 1. The monoisotopic (exact) mass is 278 g/mol. The van der Waals surface area contributed by atoms with Gasteiger partial charge in [-0.2, -0.15) is 0 Å². The molecule has 0 aliphatic carbocycles. The van der Waals surface area contributed by atoms with Crippen LogP contribution in [0, 0.1) is 5.82 Å². The number of halogens is 1. The first-order valence-electron chi connectivity index (χ1n) is 7.45. The third kappa shape index (κ3) is 4.64. The zero-order chi connectivity index (χ0) is 15.0. The quantitative estimate of drug-likeness (QED) is 0.535. The lowest BCUT2D eigenvalue weighted by Crippen LogP contribution is -2.25. The topological polar surface area (TPSA) is 15.3 Å². The minimum absolute atomic E-state index is 0.0213. The molecule has 0 radical (unpaired) electrons. The van der Waals surface area contributed by atoms with Crippen molar-refractivity contribution in [1.82, 2.24) is 5.32 Å².